The van der Waals surface area contributed by atoms with Crippen molar-refractivity contribution in [2.24, 2.45) is 0 Å². The number of amides is 3. The summed E-state index contributed by atoms with van der Waals surface area (Å²) in [5, 5.41) is 15.6. The van der Waals surface area contributed by atoms with Crippen LogP contribution in [0.4, 0.5) is 4.79 Å². The van der Waals surface area contributed by atoms with Gasteiger partial charge in [-0.2, -0.15) is 0 Å². The highest BCUT2D eigenvalue weighted by Crippen LogP contribution is 2.22. The standard InChI is InChI=1S/C24H39N3O7/c1-24(2,3)34-23(32)26-17-12-10-8-6-5-7-9-11-13-18(22(31)33-4)25-20(29)19-14-16(28)15-27(19)21(17)30/h7,9,16-19,28H,5-6,8,10-15H2,1-4H3,(H,25,29)(H,26,32)/b9-7+/t16-,17-,18-,19-/m0/s1. The first-order valence-electron chi connectivity index (χ1n) is 12.0. The Balaban J connectivity index is 2.26. The van der Waals surface area contributed by atoms with Crippen molar-refractivity contribution >= 4 is 23.9 Å². The Hall–Kier alpha value is -2.62. The minimum Gasteiger partial charge on any atom is -0.467 e. The number of esters is 1. The zero-order valence-corrected chi connectivity index (χ0v) is 20.7. The number of alkyl carbamates (subject to hydrolysis) is 1. The van der Waals surface area contributed by atoms with E-state index in [2.05, 4.69) is 10.6 Å². The van der Waals surface area contributed by atoms with Gasteiger partial charge in [0.25, 0.3) is 0 Å². The van der Waals surface area contributed by atoms with Crippen LogP contribution in [0.25, 0.3) is 0 Å². The van der Waals surface area contributed by atoms with Crippen molar-refractivity contribution in [3.63, 3.8) is 0 Å². The van der Waals surface area contributed by atoms with Gasteiger partial charge in [0.1, 0.15) is 23.7 Å². The number of methoxy groups -OCH3 is 1. The first-order valence-corrected chi connectivity index (χ1v) is 12.0. The van der Waals surface area contributed by atoms with E-state index in [0.717, 1.165) is 19.3 Å². The van der Waals surface area contributed by atoms with Crippen molar-refractivity contribution < 1.29 is 33.8 Å². The molecule has 1 fully saturated rings. The fourth-order valence-corrected chi connectivity index (χ4v) is 4.16. The summed E-state index contributed by atoms with van der Waals surface area (Å²) in [5.41, 5.74) is -0.729. The topological polar surface area (TPSA) is 134 Å². The number of hydrogen-bond donors (Lipinski definition) is 3. The van der Waals surface area contributed by atoms with Crippen LogP contribution in [0, 0.1) is 0 Å². The van der Waals surface area contributed by atoms with Crippen LogP contribution in [0.2, 0.25) is 0 Å². The first-order chi connectivity index (χ1) is 16.0. The molecule has 2 rings (SSSR count). The molecule has 0 radical (unpaired) electrons. The van der Waals surface area contributed by atoms with Crippen LogP contribution in [-0.4, -0.2) is 77.4 Å². The monoisotopic (exact) mass is 481 g/mol. The molecule has 0 saturated carbocycles. The lowest BCUT2D eigenvalue weighted by atomic mass is 10.0. The minimum atomic E-state index is -0.957. The number of nitrogens with one attached hydrogen (secondary N) is 2. The average Bonchev–Trinajstić information content (AvgIpc) is 3.15. The molecule has 192 valence electrons. The van der Waals surface area contributed by atoms with Gasteiger partial charge in [0.2, 0.25) is 11.8 Å². The molecular formula is C24H39N3O7. The minimum absolute atomic E-state index is 0.0327. The van der Waals surface area contributed by atoms with E-state index in [4.69, 9.17) is 9.47 Å². The normalized spacial score (nSPS) is 28.4. The Kier molecular flexibility index (Phi) is 10.3. The Bertz CT molecular complexity index is 762. The summed E-state index contributed by atoms with van der Waals surface area (Å²) in [6.07, 6.45) is 7.16. The lowest BCUT2D eigenvalue weighted by Crippen LogP contribution is -2.55. The van der Waals surface area contributed by atoms with Gasteiger partial charge >= 0.3 is 12.1 Å². The third-order valence-electron chi connectivity index (χ3n) is 5.81. The predicted molar refractivity (Wildman–Crippen MR) is 125 cm³/mol. The molecule has 34 heavy (non-hydrogen) atoms. The van der Waals surface area contributed by atoms with Crippen molar-refractivity contribution in [3.8, 4) is 0 Å². The SMILES string of the molecule is COC(=O)[C@@H]1CC/C=C/CCCCC[C@H](NC(=O)OC(C)(C)C)C(=O)N2C[C@@H](O)C[C@H]2C(=O)N1. The maximum absolute atomic E-state index is 13.4. The highest BCUT2D eigenvalue weighted by atomic mass is 16.6. The second-order valence-electron chi connectivity index (χ2n) is 9.87. The van der Waals surface area contributed by atoms with Crippen molar-refractivity contribution in [2.45, 2.75) is 102 Å². The molecule has 2 aliphatic heterocycles. The molecule has 10 heteroatoms. The van der Waals surface area contributed by atoms with E-state index in [1.54, 1.807) is 20.8 Å². The molecule has 3 amide bonds. The van der Waals surface area contributed by atoms with Gasteiger partial charge in [0.05, 0.1) is 13.2 Å². The third kappa shape index (κ3) is 8.62. The number of carbonyl (C=O) groups is 4. The highest BCUT2D eigenvalue weighted by molar-refractivity contribution is 5.93. The van der Waals surface area contributed by atoms with Crippen LogP contribution >= 0.6 is 0 Å². The molecule has 0 unspecified atom stereocenters. The van der Waals surface area contributed by atoms with Gasteiger partial charge in [-0.3, -0.25) is 9.59 Å². The molecule has 0 aliphatic carbocycles. The first kappa shape index (κ1) is 27.6. The predicted octanol–water partition coefficient (Wildman–Crippen LogP) is 1.80. The van der Waals surface area contributed by atoms with Crippen LogP contribution in [0.15, 0.2) is 12.2 Å². The Morgan fingerprint density at radius 1 is 1.12 bits per heavy atom. The number of ether oxygens (including phenoxy) is 2. The van der Waals surface area contributed by atoms with Crippen molar-refractivity contribution in [3.05, 3.63) is 12.2 Å². The molecule has 2 heterocycles. The summed E-state index contributed by atoms with van der Waals surface area (Å²) in [7, 11) is 1.26. The zero-order chi connectivity index (χ0) is 25.3. The van der Waals surface area contributed by atoms with E-state index in [0.29, 0.717) is 25.7 Å². The molecule has 2 aliphatic rings. The number of rotatable bonds is 2. The van der Waals surface area contributed by atoms with Crippen LogP contribution in [-0.2, 0) is 23.9 Å². The number of fused-ring (bicyclic) bond motifs is 1. The summed E-state index contributed by atoms with van der Waals surface area (Å²) in [4.78, 5) is 52.4. The zero-order valence-electron chi connectivity index (χ0n) is 20.7. The van der Waals surface area contributed by atoms with Gasteiger partial charge in [-0.25, -0.2) is 9.59 Å². The van der Waals surface area contributed by atoms with Crippen LogP contribution in [0.3, 0.4) is 0 Å². The average molecular weight is 482 g/mol. The summed E-state index contributed by atoms with van der Waals surface area (Å²) >= 11 is 0. The van der Waals surface area contributed by atoms with Crippen molar-refractivity contribution in [1.29, 1.82) is 0 Å². The van der Waals surface area contributed by atoms with E-state index >= 15 is 0 Å². The molecule has 0 aromatic heterocycles. The summed E-state index contributed by atoms with van der Waals surface area (Å²) in [6.45, 7) is 5.16. The van der Waals surface area contributed by atoms with Crippen LogP contribution in [0.1, 0.15) is 72.1 Å². The summed E-state index contributed by atoms with van der Waals surface area (Å²) in [6, 6.07) is -2.71. The summed E-state index contributed by atoms with van der Waals surface area (Å²) < 4.78 is 10.2. The maximum atomic E-state index is 13.4. The van der Waals surface area contributed by atoms with E-state index in [-0.39, 0.29) is 13.0 Å². The van der Waals surface area contributed by atoms with E-state index in [9.17, 15) is 24.3 Å². The Morgan fingerprint density at radius 2 is 1.82 bits per heavy atom. The Labute approximate surface area is 201 Å². The molecule has 0 aromatic rings. The lowest BCUT2D eigenvalue weighted by molar-refractivity contribution is -0.146. The molecular weight excluding hydrogens is 442 g/mol. The number of aliphatic hydroxyl groups is 1. The largest absolute Gasteiger partial charge is 0.467 e. The fraction of sp³-hybridized carbons (Fsp3) is 0.750. The third-order valence-corrected chi connectivity index (χ3v) is 5.81. The molecule has 4 atom stereocenters. The van der Waals surface area contributed by atoms with Gasteiger partial charge in [0.15, 0.2) is 0 Å². The second-order valence-corrected chi connectivity index (χ2v) is 9.87. The van der Waals surface area contributed by atoms with Gasteiger partial charge < -0.3 is 30.1 Å². The molecule has 0 spiro atoms. The van der Waals surface area contributed by atoms with E-state index in [1.165, 1.54) is 12.0 Å². The van der Waals surface area contributed by atoms with Crippen molar-refractivity contribution in [2.75, 3.05) is 13.7 Å². The van der Waals surface area contributed by atoms with Crippen molar-refractivity contribution in [1.82, 2.24) is 15.5 Å². The molecule has 0 bridgehead atoms. The van der Waals surface area contributed by atoms with Gasteiger partial charge in [-0.15, -0.1) is 0 Å². The molecule has 1 saturated heterocycles. The second kappa shape index (κ2) is 12.7. The van der Waals surface area contributed by atoms with E-state index in [1.807, 2.05) is 12.2 Å². The fourth-order valence-electron chi connectivity index (χ4n) is 4.16. The Morgan fingerprint density at radius 3 is 2.50 bits per heavy atom. The lowest BCUT2D eigenvalue weighted by Gasteiger charge is -2.30. The number of carbonyl (C=O) groups excluding carboxylic acids is 4. The molecule has 0 aromatic carbocycles. The summed E-state index contributed by atoms with van der Waals surface area (Å²) in [5.74, 6) is -1.56. The number of allylic oxidation sites excluding steroid dienone is 2. The number of nitrogens with zero attached hydrogens (tertiary/aromatic N) is 1. The number of hydrogen-bond acceptors (Lipinski definition) is 7. The van der Waals surface area contributed by atoms with Gasteiger partial charge in [-0.1, -0.05) is 25.0 Å². The smallest absolute Gasteiger partial charge is 0.408 e. The molecule has 10 nitrogen and oxygen atoms in total. The van der Waals surface area contributed by atoms with Gasteiger partial charge in [0, 0.05) is 13.0 Å². The number of aliphatic hydroxyl groups excluding tert-OH is 1. The van der Waals surface area contributed by atoms with E-state index < -0.39 is 53.7 Å². The maximum Gasteiger partial charge on any atom is 0.408 e. The van der Waals surface area contributed by atoms with Crippen LogP contribution < -0.4 is 10.6 Å². The van der Waals surface area contributed by atoms with Gasteiger partial charge in [-0.05, 0) is 52.9 Å². The highest BCUT2D eigenvalue weighted by Gasteiger charge is 2.42. The molecule has 3 N–H and O–H groups in total. The van der Waals surface area contributed by atoms with Crippen LogP contribution in [0.5, 0.6) is 0 Å². The quantitative estimate of drug-likeness (QED) is 0.404.